The number of aromatic amines is 1. The number of fused-ring (bicyclic) bond motifs is 3. The zero-order valence-electron chi connectivity index (χ0n) is 18.6. The van der Waals surface area contributed by atoms with E-state index in [0.29, 0.717) is 0 Å². The molecule has 8 heteroatoms. The number of halogens is 1. The van der Waals surface area contributed by atoms with Crippen LogP contribution in [0.5, 0.6) is 0 Å². The molecule has 6 nitrogen and oxygen atoms in total. The van der Waals surface area contributed by atoms with Crippen molar-refractivity contribution in [1.82, 2.24) is 19.7 Å². The van der Waals surface area contributed by atoms with Gasteiger partial charge in [-0.25, -0.2) is 0 Å². The fourth-order valence-electron chi connectivity index (χ4n) is 5.14. The number of hydrogen-bond acceptors (Lipinski definition) is 5. The maximum atomic E-state index is 13.2. The van der Waals surface area contributed by atoms with E-state index in [0.717, 1.165) is 84.8 Å². The number of benzene rings is 1. The van der Waals surface area contributed by atoms with Gasteiger partial charge in [0.1, 0.15) is 0 Å². The lowest BCUT2D eigenvalue weighted by Gasteiger charge is -2.36. The summed E-state index contributed by atoms with van der Waals surface area (Å²) in [5.74, 6) is 1.91. The summed E-state index contributed by atoms with van der Waals surface area (Å²) in [6.07, 6.45) is 4.95. The number of hydrogen-bond donors (Lipinski definition) is 1. The summed E-state index contributed by atoms with van der Waals surface area (Å²) in [7, 11) is 0. The van der Waals surface area contributed by atoms with Gasteiger partial charge in [0.2, 0.25) is 0 Å². The third-order valence-corrected chi connectivity index (χ3v) is 8.05. The van der Waals surface area contributed by atoms with Crippen molar-refractivity contribution in [1.29, 1.82) is 0 Å². The van der Waals surface area contributed by atoms with Crippen molar-refractivity contribution in [2.24, 2.45) is 0 Å². The first-order valence-corrected chi connectivity index (χ1v) is 12.8. The SMILES string of the molecule is Cl.O=C(c1ccc2[nH]c(=O)c3c(c2c1)CCSC3)N1CCN(CCN2CCCCC2)CC1. The average Bonchev–Trinajstić information content (AvgIpc) is 2.83. The molecule has 174 valence electrons. The molecular weight excluding hydrogens is 444 g/mol. The number of aromatic nitrogens is 1. The van der Waals surface area contributed by atoms with Crippen molar-refractivity contribution in [3.8, 4) is 0 Å². The summed E-state index contributed by atoms with van der Waals surface area (Å²) in [5.41, 5.74) is 3.62. The number of likely N-dealkylation sites (tertiary alicyclic amines) is 1. The minimum Gasteiger partial charge on any atom is -0.336 e. The van der Waals surface area contributed by atoms with Gasteiger partial charge < -0.3 is 14.8 Å². The molecule has 1 amide bonds. The van der Waals surface area contributed by atoms with Crippen LogP contribution >= 0.6 is 24.2 Å². The van der Waals surface area contributed by atoms with Gasteiger partial charge in [0.25, 0.3) is 11.5 Å². The lowest BCUT2D eigenvalue weighted by atomic mass is 9.99. The third-order valence-electron chi connectivity index (χ3n) is 7.06. The maximum absolute atomic E-state index is 13.2. The third kappa shape index (κ3) is 5.01. The molecule has 1 N–H and O–H groups in total. The number of carbonyl (C=O) groups excluding carboxylic acids is 1. The highest BCUT2D eigenvalue weighted by Crippen LogP contribution is 2.28. The minimum atomic E-state index is 0. The first kappa shape index (κ1) is 23.6. The molecule has 1 aromatic heterocycles. The molecule has 2 saturated heterocycles. The molecule has 0 radical (unpaired) electrons. The van der Waals surface area contributed by atoms with Crippen LogP contribution in [0.3, 0.4) is 0 Å². The molecule has 3 aliphatic rings. The highest BCUT2D eigenvalue weighted by Gasteiger charge is 2.24. The van der Waals surface area contributed by atoms with E-state index in [1.807, 2.05) is 23.1 Å². The van der Waals surface area contributed by atoms with Gasteiger partial charge >= 0.3 is 0 Å². The van der Waals surface area contributed by atoms with E-state index in [2.05, 4.69) is 14.8 Å². The number of carbonyl (C=O) groups is 1. The van der Waals surface area contributed by atoms with Gasteiger partial charge in [-0.3, -0.25) is 14.5 Å². The van der Waals surface area contributed by atoms with Gasteiger partial charge in [-0.1, -0.05) is 6.42 Å². The van der Waals surface area contributed by atoms with Gasteiger partial charge in [0.05, 0.1) is 0 Å². The summed E-state index contributed by atoms with van der Waals surface area (Å²) in [5, 5.41) is 1.04. The van der Waals surface area contributed by atoms with Crippen LogP contribution in [0, 0.1) is 0 Å². The Balaban J connectivity index is 0.00000245. The molecule has 32 heavy (non-hydrogen) atoms. The molecule has 1 aromatic carbocycles. The van der Waals surface area contributed by atoms with E-state index >= 15 is 0 Å². The number of H-pyrrole nitrogens is 1. The van der Waals surface area contributed by atoms with Crippen molar-refractivity contribution >= 4 is 41.0 Å². The average molecular weight is 477 g/mol. The van der Waals surface area contributed by atoms with Crippen LogP contribution in [0.4, 0.5) is 0 Å². The van der Waals surface area contributed by atoms with Crippen LogP contribution in [-0.2, 0) is 12.2 Å². The highest BCUT2D eigenvalue weighted by atomic mass is 35.5. The normalized spacial score (nSPS) is 20.1. The largest absolute Gasteiger partial charge is 0.336 e. The molecule has 0 atom stereocenters. The van der Waals surface area contributed by atoms with Crippen LogP contribution in [0.1, 0.15) is 40.7 Å². The molecule has 3 aliphatic heterocycles. The van der Waals surface area contributed by atoms with Crippen molar-refractivity contribution in [2.75, 3.05) is 58.1 Å². The van der Waals surface area contributed by atoms with Crippen LogP contribution in [0.2, 0.25) is 0 Å². The lowest BCUT2D eigenvalue weighted by molar-refractivity contribution is 0.0619. The Hall–Kier alpha value is -1.54. The Bertz CT molecular complexity index is 1010. The van der Waals surface area contributed by atoms with Gasteiger partial charge in [0.15, 0.2) is 0 Å². The van der Waals surface area contributed by atoms with E-state index in [4.69, 9.17) is 0 Å². The molecule has 5 rings (SSSR count). The topological polar surface area (TPSA) is 59.7 Å². The van der Waals surface area contributed by atoms with Crippen LogP contribution < -0.4 is 5.56 Å². The van der Waals surface area contributed by atoms with Crippen molar-refractivity contribution in [3.63, 3.8) is 0 Å². The van der Waals surface area contributed by atoms with Crippen LogP contribution in [0.25, 0.3) is 10.9 Å². The molecule has 0 saturated carbocycles. The smallest absolute Gasteiger partial charge is 0.253 e. The molecule has 0 aliphatic carbocycles. The number of aryl methyl sites for hydroxylation is 1. The lowest BCUT2D eigenvalue weighted by Crippen LogP contribution is -2.50. The fourth-order valence-corrected chi connectivity index (χ4v) is 6.15. The molecule has 0 bridgehead atoms. The quantitative estimate of drug-likeness (QED) is 0.735. The Morgan fingerprint density at radius 1 is 0.938 bits per heavy atom. The van der Waals surface area contributed by atoms with E-state index in [9.17, 15) is 9.59 Å². The first-order chi connectivity index (χ1) is 15.2. The second-order valence-corrected chi connectivity index (χ2v) is 10.1. The van der Waals surface area contributed by atoms with E-state index in [1.54, 1.807) is 11.8 Å². The van der Waals surface area contributed by atoms with E-state index < -0.39 is 0 Å². The van der Waals surface area contributed by atoms with Crippen molar-refractivity contribution < 1.29 is 4.79 Å². The highest BCUT2D eigenvalue weighted by molar-refractivity contribution is 7.98. The Morgan fingerprint density at radius 2 is 1.66 bits per heavy atom. The molecule has 0 spiro atoms. The Kier molecular flexibility index (Phi) is 7.82. The fraction of sp³-hybridized carbons (Fsp3) is 0.583. The number of piperazine rings is 1. The Morgan fingerprint density at radius 3 is 2.41 bits per heavy atom. The molecule has 4 heterocycles. The van der Waals surface area contributed by atoms with E-state index in [1.165, 1.54) is 32.4 Å². The summed E-state index contributed by atoms with van der Waals surface area (Å²) >= 11 is 1.80. The molecular formula is C24H33ClN4O2S. The maximum Gasteiger partial charge on any atom is 0.253 e. The molecule has 2 aromatic rings. The number of nitrogens with zero attached hydrogens (tertiary/aromatic N) is 3. The monoisotopic (exact) mass is 476 g/mol. The minimum absolute atomic E-state index is 0. The zero-order chi connectivity index (χ0) is 21.2. The standard InChI is InChI=1S/C24H32N4O2S.ClH/c29-23-21-17-31-15-6-19(21)20-16-18(4-5-22(20)25-23)24(30)28-13-11-27(12-14-28)10-9-26-7-2-1-3-8-26;/h4-5,16H,1-3,6-15,17H2,(H,25,29);1H. The molecule has 0 unspecified atom stereocenters. The number of piperidine rings is 1. The zero-order valence-corrected chi connectivity index (χ0v) is 20.2. The summed E-state index contributed by atoms with van der Waals surface area (Å²) in [6.45, 7) is 8.23. The van der Waals surface area contributed by atoms with Gasteiger partial charge in [0, 0.05) is 67.1 Å². The number of pyridine rings is 1. The van der Waals surface area contributed by atoms with E-state index in [-0.39, 0.29) is 23.9 Å². The summed E-state index contributed by atoms with van der Waals surface area (Å²) in [6, 6.07) is 5.78. The summed E-state index contributed by atoms with van der Waals surface area (Å²) < 4.78 is 0. The van der Waals surface area contributed by atoms with Crippen molar-refractivity contribution in [2.45, 2.75) is 31.4 Å². The van der Waals surface area contributed by atoms with Crippen molar-refractivity contribution in [3.05, 3.63) is 45.2 Å². The number of nitrogens with one attached hydrogen (secondary N) is 1. The Labute approximate surface area is 200 Å². The van der Waals surface area contributed by atoms with Gasteiger partial charge in [-0.05, 0) is 61.9 Å². The predicted molar refractivity (Wildman–Crippen MR) is 134 cm³/mol. The second-order valence-electron chi connectivity index (χ2n) is 9.01. The van der Waals surface area contributed by atoms with Gasteiger partial charge in [-0.2, -0.15) is 11.8 Å². The summed E-state index contributed by atoms with van der Waals surface area (Å²) in [4.78, 5) is 35.7. The van der Waals surface area contributed by atoms with Crippen LogP contribution in [0.15, 0.2) is 23.0 Å². The predicted octanol–water partition coefficient (Wildman–Crippen LogP) is 2.98. The number of rotatable bonds is 4. The molecule has 2 fully saturated rings. The first-order valence-electron chi connectivity index (χ1n) is 11.7. The second kappa shape index (κ2) is 10.6. The van der Waals surface area contributed by atoms with Gasteiger partial charge in [-0.15, -0.1) is 12.4 Å². The van der Waals surface area contributed by atoms with Crippen LogP contribution in [-0.4, -0.2) is 83.7 Å². The number of amides is 1. The number of thioether (sulfide) groups is 1.